The van der Waals surface area contributed by atoms with Crippen LogP contribution in [0.15, 0.2) is 12.4 Å². The molecule has 1 heterocycles. The van der Waals surface area contributed by atoms with Crippen LogP contribution in [0.5, 0.6) is 5.75 Å². The number of aliphatic hydroxyl groups is 1. The maximum absolute atomic E-state index is 9.28. The zero-order chi connectivity index (χ0) is 10.4. The molecule has 0 fully saturated rings. The van der Waals surface area contributed by atoms with Crippen molar-refractivity contribution in [3.05, 3.63) is 12.4 Å². The van der Waals surface area contributed by atoms with Crippen molar-refractivity contribution in [3.63, 3.8) is 0 Å². The summed E-state index contributed by atoms with van der Waals surface area (Å²) in [5.74, 6) is 0.728. The number of aliphatic hydroxyl groups excluding tert-OH is 1. The zero-order valence-electron chi connectivity index (χ0n) is 8.81. The van der Waals surface area contributed by atoms with E-state index in [1.165, 1.54) is 0 Å². The van der Waals surface area contributed by atoms with E-state index in [0.29, 0.717) is 13.0 Å². The molecule has 1 unspecified atom stereocenters. The Labute approximate surface area is 84.5 Å². The van der Waals surface area contributed by atoms with Crippen LogP contribution in [0.25, 0.3) is 0 Å². The van der Waals surface area contributed by atoms with Crippen molar-refractivity contribution in [2.75, 3.05) is 6.61 Å². The van der Waals surface area contributed by atoms with Crippen LogP contribution in [-0.4, -0.2) is 27.6 Å². The molecule has 4 nitrogen and oxygen atoms in total. The molecule has 0 radical (unpaired) electrons. The average molecular weight is 198 g/mol. The second kappa shape index (κ2) is 5.65. The van der Waals surface area contributed by atoms with Crippen molar-refractivity contribution in [1.82, 2.24) is 9.78 Å². The minimum atomic E-state index is -0.385. The largest absolute Gasteiger partial charge is 0.488 e. The van der Waals surface area contributed by atoms with E-state index in [1.54, 1.807) is 6.20 Å². The molecule has 1 rings (SSSR count). The number of ether oxygens (including phenoxy) is 1. The fourth-order valence-electron chi connectivity index (χ4n) is 1.08. The summed E-state index contributed by atoms with van der Waals surface area (Å²) in [6, 6.07) is 0. The highest BCUT2D eigenvalue weighted by atomic mass is 16.5. The monoisotopic (exact) mass is 198 g/mol. The second-order valence-corrected chi connectivity index (χ2v) is 3.31. The molecule has 0 saturated heterocycles. The fourth-order valence-corrected chi connectivity index (χ4v) is 1.08. The maximum Gasteiger partial charge on any atom is 0.157 e. The smallest absolute Gasteiger partial charge is 0.157 e. The van der Waals surface area contributed by atoms with Gasteiger partial charge in [0.2, 0.25) is 0 Å². The summed E-state index contributed by atoms with van der Waals surface area (Å²) in [5.41, 5.74) is 0. The molecule has 1 atom stereocenters. The van der Waals surface area contributed by atoms with Gasteiger partial charge in [-0.3, -0.25) is 4.68 Å². The van der Waals surface area contributed by atoms with Crippen LogP contribution < -0.4 is 4.74 Å². The molecule has 4 heteroatoms. The van der Waals surface area contributed by atoms with Crippen LogP contribution in [0.1, 0.15) is 26.7 Å². The highest BCUT2D eigenvalue weighted by Crippen LogP contribution is 2.09. The quantitative estimate of drug-likeness (QED) is 0.752. The van der Waals surface area contributed by atoms with Gasteiger partial charge in [-0.1, -0.05) is 13.8 Å². The first-order chi connectivity index (χ1) is 6.76. The van der Waals surface area contributed by atoms with Gasteiger partial charge in [-0.25, -0.2) is 0 Å². The Morgan fingerprint density at radius 3 is 3.00 bits per heavy atom. The van der Waals surface area contributed by atoms with Gasteiger partial charge in [0, 0.05) is 6.54 Å². The van der Waals surface area contributed by atoms with Gasteiger partial charge in [-0.15, -0.1) is 0 Å². The van der Waals surface area contributed by atoms with E-state index in [0.717, 1.165) is 18.7 Å². The van der Waals surface area contributed by atoms with E-state index >= 15 is 0 Å². The Morgan fingerprint density at radius 1 is 1.57 bits per heavy atom. The molecule has 0 aliphatic rings. The molecule has 0 bridgehead atoms. The summed E-state index contributed by atoms with van der Waals surface area (Å²) >= 11 is 0. The van der Waals surface area contributed by atoms with Gasteiger partial charge in [0.1, 0.15) is 6.61 Å². The number of rotatable bonds is 6. The summed E-state index contributed by atoms with van der Waals surface area (Å²) in [4.78, 5) is 0. The highest BCUT2D eigenvalue weighted by Gasteiger charge is 2.03. The van der Waals surface area contributed by atoms with Gasteiger partial charge >= 0.3 is 0 Å². The van der Waals surface area contributed by atoms with E-state index in [-0.39, 0.29) is 6.10 Å². The molecule has 1 N–H and O–H groups in total. The number of nitrogens with zero attached hydrogens (tertiary/aromatic N) is 2. The number of hydrogen-bond acceptors (Lipinski definition) is 3. The summed E-state index contributed by atoms with van der Waals surface area (Å²) in [6.45, 7) is 5.27. The molecule has 0 spiro atoms. The van der Waals surface area contributed by atoms with Gasteiger partial charge in [-0.05, 0) is 12.8 Å². The molecule has 0 aliphatic heterocycles. The molecule has 0 saturated carbocycles. The van der Waals surface area contributed by atoms with Gasteiger partial charge in [-0.2, -0.15) is 5.10 Å². The van der Waals surface area contributed by atoms with Gasteiger partial charge in [0.15, 0.2) is 5.75 Å². The molecule has 1 aromatic heterocycles. The molecular weight excluding hydrogens is 180 g/mol. The third-order valence-electron chi connectivity index (χ3n) is 1.98. The first-order valence-corrected chi connectivity index (χ1v) is 5.09. The predicted octanol–water partition coefficient (Wildman–Crippen LogP) is 1.44. The topological polar surface area (TPSA) is 47.3 Å². The molecule has 0 aromatic carbocycles. The lowest BCUT2D eigenvalue weighted by Crippen LogP contribution is -2.15. The van der Waals surface area contributed by atoms with Gasteiger partial charge in [0.05, 0.1) is 18.5 Å². The van der Waals surface area contributed by atoms with Crippen LogP contribution in [-0.2, 0) is 6.54 Å². The summed E-state index contributed by atoms with van der Waals surface area (Å²) in [5, 5.41) is 13.4. The van der Waals surface area contributed by atoms with Crippen molar-refractivity contribution >= 4 is 0 Å². The number of aryl methyl sites for hydroxylation is 1. The third-order valence-corrected chi connectivity index (χ3v) is 1.98. The molecule has 0 amide bonds. The minimum Gasteiger partial charge on any atom is -0.488 e. The van der Waals surface area contributed by atoms with Crippen LogP contribution in [0.3, 0.4) is 0 Å². The van der Waals surface area contributed by atoms with E-state index in [9.17, 15) is 5.11 Å². The zero-order valence-corrected chi connectivity index (χ0v) is 8.81. The Morgan fingerprint density at radius 2 is 2.36 bits per heavy atom. The summed E-state index contributed by atoms with van der Waals surface area (Å²) < 4.78 is 7.19. The Hall–Kier alpha value is -1.03. The van der Waals surface area contributed by atoms with Crippen molar-refractivity contribution in [1.29, 1.82) is 0 Å². The maximum atomic E-state index is 9.28. The van der Waals surface area contributed by atoms with E-state index in [2.05, 4.69) is 12.0 Å². The normalized spacial score (nSPS) is 12.8. The SMILES string of the molecule is CCCn1cc(OCC(O)CC)cn1. The highest BCUT2D eigenvalue weighted by molar-refractivity contribution is 5.11. The predicted molar refractivity (Wildman–Crippen MR) is 54.3 cm³/mol. The number of hydrogen-bond donors (Lipinski definition) is 1. The molecule has 0 aliphatic carbocycles. The first-order valence-electron chi connectivity index (χ1n) is 5.09. The molecule has 1 aromatic rings. The van der Waals surface area contributed by atoms with E-state index < -0.39 is 0 Å². The standard InChI is InChI=1S/C10H18N2O2/c1-3-5-12-7-10(6-11-12)14-8-9(13)4-2/h6-7,9,13H,3-5,8H2,1-2H3. The summed E-state index contributed by atoms with van der Waals surface area (Å²) in [6.07, 6.45) is 4.91. The van der Waals surface area contributed by atoms with Crippen molar-refractivity contribution in [3.8, 4) is 5.75 Å². The van der Waals surface area contributed by atoms with Crippen LogP contribution >= 0.6 is 0 Å². The Bertz CT molecular complexity index is 260. The van der Waals surface area contributed by atoms with E-state index in [4.69, 9.17) is 4.74 Å². The Kier molecular flexibility index (Phi) is 4.46. The summed E-state index contributed by atoms with van der Waals surface area (Å²) in [7, 11) is 0. The van der Waals surface area contributed by atoms with Gasteiger partial charge in [0.25, 0.3) is 0 Å². The van der Waals surface area contributed by atoms with Crippen LogP contribution in [0.4, 0.5) is 0 Å². The molecule has 80 valence electrons. The van der Waals surface area contributed by atoms with E-state index in [1.807, 2.05) is 17.8 Å². The molecular formula is C10H18N2O2. The van der Waals surface area contributed by atoms with Crippen molar-refractivity contribution in [2.24, 2.45) is 0 Å². The molecule has 14 heavy (non-hydrogen) atoms. The lowest BCUT2D eigenvalue weighted by atomic mass is 10.3. The second-order valence-electron chi connectivity index (χ2n) is 3.31. The van der Waals surface area contributed by atoms with Crippen LogP contribution in [0.2, 0.25) is 0 Å². The van der Waals surface area contributed by atoms with Crippen LogP contribution in [0, 0.1) is 0 Å². The Balaban J connectivity index is 2.35. The minimum absolute atomic E-state index is 0.342. The number of aromatic nitrogens is 2. The lowest BCUT2D eigenvalue weighted by molar-refractivity contribution is 0.104. The van der Waals surface area contributed by atoms with Crippen molar-refractivity contribution < 1.29 is 9.84 Å². The average Bonchev–Trinajstić information content (AvgIpc) is 2.63. The third kappa shape index (κ3) is 3.38. The lowest BCUT2D eigenvalue weighted by Gasteiger charge is -2.07. The fraction of sp³-hybridized carbons (Fsp3) is 0.700. The van der Waals surface area contributed by atoms with Gasteiger partial charge < -0.3 is 9.84 Å². The first kappa shape index (κ1) is 11.0. The van der Waals surface area contributed by atoms with Crippen molar-refractivity contribution in [2.45, 2.75) is 39.3 Å².